The summed E-state index contributed by atoms with van der Waals surface area (Å²) in [7, 11) is 1.60. The van der Waals surface area contributed by atoms with Gasteiger partial charge >= 0.3 is 0 Å². The molecule has 0 bridgehead atoms. The molecule has 1 aliphatic rings. The first-order valence-electron chi connectivity index (χ1n) is 8.94. The number of nitrogens with two attached hydrogens (primary N) is 1. The van der Waals surface area contributed by atoms with Gasteiger partial charge in [0.15, 0.2) is 5.96 Å². The number of benzene rings is 2. The van der Waals surface area contributed by atoms with Crippen LogP contribution in [0.2, 0.25) is 0 Å². The second-order valence-corrected chi connectivity index (χ2v) is 6.44. The molecule has 0 radical (unpaired) electrons. The highest BCUT2D eigenvalue weighted by molar-refractivity contribution is 14.0. The lowest BCUT2D eigenvalue weighted by atomic mass is 10.1. The minimum Gasteiger partial charge on any atom is -0.497 e. The average Bonchev–Trinajstić information content (AvgIpc) is 2.72. The van der Waals surface area contributed by atoms with Gasteiger partial charge in [0.2, 0.25) is 0 Å². The van der Waals surface area contributed by atoms with Gasteiger partial charge in [0.05, 0.1) is 19.8 Å². The van der Waals surface area contributed by atoms with E-state index in [-0.39, 0.29) is 36.3 Å². The Labute approximate surface area is 181 Å². The molecule has 0 aliphatic carbocycles. The van der Waals surface area contributed by atoms with Gasteiger partial charge in [0.1, 0.15) is 11.6 Å². The molecule has 28 heavy (non-hydrogen) atoms. The normalized spacial score (nSPS) is 15.8. The van der Waals surface area contributed by atoms with Gasteiger partial charge in [0, 0.05) is 31.9 Å². The third-order valence-electron chi connectivity index (χ3n) is 4.72. The van der Waals surface area contributed by atoms with E-state index in [0.717, 1.165) is 43.2 Å². The summed E-state index contributed by atoms with van der Waals surface area (Å²) in [6, 6.07) is 13.8. The lowest BCUT2D eigenvalue weighted by Crippen LogP contribution is -2.51. The molecule has 0 spiro atoms. The first kappa shape index (κ1) is 22.2. The smallest absolute Gasteiger partial charge is 0.191 e. The van der Waals surface area contributed by atoms with E-state index >= 15 is 0 Å². The van der Waals surface area contributed by atoms with Gasteiger partial charge in [-0.2, -0.15) is 0 Å². The molecule has 0 saturated carbocycles. The second-order valence-electron chi connectivity index (χ2n) is 6.44. The molecule has 152 valence electrons. The number of rotatable bonds is 5. The van der Waals surface area contributed by atoms with Crippen molar-refractivity contribution in [1.82, 2.24) is 4.90 Å². The molecule has 1 aliphatic heterocycles. The molecule has 3 rings (SSSR count). The molecule has 1 fully saturated rings. The van der Waals surface area contributed by atoms with E-state index < -0.39 is 6.10 Å². The van der Waals surface area contributed by atoms with Crippen molar-refractivity contribution in [2.75, 3.05) is 44.7 Å². The fourth-order valence-corrected chi connectivity index (χ4v) is 3.06. The molecule has 1 heterocycles. The van der Waals surface area contributed by atoms with E-state index in [9.17, 15) is 9.50 Å². The lowest BCUT2D eigenvalue weighted by Gasteiger charge is -2.36. The van der Waals surface area contributed by atoms with Crippen LogP contribution in [0, 0.1) is 5.82 Å². The number of ether oxygens (including phenoxy) is 1. The van der Waals surface area contributed by atoms with Gasteiger partial charge in [-0.25, -0.2) is 4.39 Å². The number of methoxy groups -OCH3 is 1. The van der Waals surface area contributed by atoms with Crippen LogP contribution in [0.15, 0.2) is 53.5 Å². The van der Waals surface area contributed by atoms with E-state index in [1.165, 1.54) is 12.1 Å². The zero-order valence-corrected chi connectivity index (χ0v) is 18.1. The lowest BCUT2D eigenvalue weighted by molar-refractivity contribution is 0.186. The highest BCUT2D eigenvalue weighted by atomic mass is 127. The maximum Gasteiger partial charge on any atom is 0.191 e. The Kier molecular flexibility index (Phi) is 8.31. The Balaban J connectivity index is 0.00000280. The van der Waals surface area contributed by atoms with Gasteiger partial charge in [-0.15, -0.1) is 24.0 Å². The van der Waals surface area contributed by atoms with E-state index in [0.29, 0.717) is 5.96 Å². The first-order chi connectivity index (χ1) is 13.1. The summed E-state index contributed by atoms with van der Waals surface area (Å²) in [4.78, 5) is 8.54. The van der Waals surface area contributed by atoms with E-state index in [4.69, 9.17) is 10.5 Å². The van der Waals surface area contributed by atoms with Crippen molar-refractivity contribution in [3.63, 3.8) is 0 Å². The first-order valence-corrected chi connectivity index (χ1v) is 8.94. The fraction of sp³-hybridized carbons (Fsp3) is 0.350. The number of nitrogens with zero attached hydrogens (tertiary/aromatic N) is 3. The summed E-state index contributed by atoms with van der Waals surface area (Å²) in [5, 5.41) is 10.3. The number of aliphatic imine (C=N–C) groups is 1. The molecular formula is C20H26FIN4O2. The van der Waals surface area contributed by atoms with Crippen LogP contribution in [0.5, 0.6) is 5.75 Å². The minimum absolute atomic E-state index is 0. The van der Waals surface area contributed by atoms with Crippen LogP contribution >= 0.6 is 24.0 Å². The van der Waals surface area contributed by atoms with Crippen LogP contribution < -0.4 is 15.4 Å². The van der Waals surface area contributed by atoms with Gasteiger partial charge in [-0.3, -0.25) is 4.99 Å². The molecule has 1 unspecified atom stereocenters. The van der Waals surface area contributed by atoms with E-state index in [1.54, 1.807) is 31.4 Å². The van der Waals surface area contributed by atoms with Crippen molar-refractivity contribution in [3.8, 4) is 5.75 Å². The monoisotopic (exact) mass is 500 g/mol. The minimum atomic E-state index is -0.713. The number of halogens is 2. The van der Waals surface area contributed by atoms with Gasteiger partial charge in [0.25, 0.3) is 0 Å². The molecule has 8 heteroatoms. The Hall–Kier alpha value is -2.07. The van der Waals surface area contributed by atoms with Gasteiger partial charge in [-0.1, -0.05) is 12.1 Å². The molecule has 0 amide bonds. The van der Waals surface area contributed by atoms with Crippen molar-refractivity contribution >= 4 is 35.6 Å². The summed E-state index contributed by atoms with van der Waals surface area (Å²) >= 11 is 0. The molecule has 6 nitrogen and oxygen atoms in total. The van der Waals surface area contributed by atoms with Crippen LogP contribution in [0.1, 0.15) is 11.7 Å². The van der Waals surface area contributed by atoms with Gasteiger partial charge < -0.3 is 25.4 Å². The number of guanidine groups is 1. The zero-order valence-electron chi connectivity index (χ0n) is 15.8. The quantitative estimate of drug-likeness (QED) is 0.375. The van der Waals surface area contributed by atoms with Crippen LogP contribution in [-0.4, -0.2) is 55.8 Å². The molecule has 2 aromatic carbocycles. The Morgan fingerprint density at radius 3 is 2.29 bits per heavy atom. The predicted molar refractivity (Wildman–Crippen MR) is 120 cm³/mol. The summed E-state index contributed by atoms with van der Waals surface area (Å²) in [6.45, 7) is 3.22. The third kappa shape index (κ3) is 5.71. The number of piperazine rings is 1. The summed E-state index contributed by atoms with van der Waals surface area (Å²) in [6.07, 6.45) is -0.713. The third-order valence-corrected chi connectivity index (χ3v) is 4.72. The topological polar surface area (TPSA) is 74.3 Å². The molecule has 1 atom stereocenters. The Morgan fingerprint density at radius 1 is 1.11 bits per heavy atom. The number of hydrogen-bond donors (Lipinski definition) is 2. The van der Waals surface area contributed by atoms with Crippen LogP contribution in [-0.2, 0) is 0 Å². The standard InChI is InChI=1S/C20H25FN4O2.HI/c1-27-18-8-2-15(3-9-18)19(26)14-23-20(22)25-12-10-24(11-13-25)17-6-4-16(21)5-7-17;/h2-9,19,26H,10-14H2,1H3,(H2,22,23);1H. The van der Waals surface area contributed by atoms with Crippen molar-refractivity contribution in [2.45, 2.75) is 6.10 Å². The van der Waals surface area contributed by atoms with Crippen LogP contribution in [0.4, 0.5) is 10.1 Å². The molecule has 3 N–H and O–H groups in total. The SMILES string of the molecule is COc1ccc(C(O)CN=C(N)N2CCN(c3ccc(F)cc3)CC2)cc1.I. The zero-order chi connectivity index (χ0) is 19.2. The van der Waals surface area contributed by atoms with Crippen LogP contribution in [0.3, 0.4) is 0 Å². The van der Waals surface area contributed by atoms with Crippen molar-refractivity contribution in [2.24, 2.45) is 10.7 Å². The Morgan fingerprint density at radius 2 is 1.71 bits per heavy atom. The van der Waals surface area contributed by atoms with Crippen molar-refractivity contribution in [3.05, 3.63) is 59.9 Å². The number of hydrogen-bond acceptors (Lipinski definition) is 4. The number of aliphatic hydroxyl groups excluding tert-OH is 1. The molecular weight excluding hydrogens is 474 g/mol. The fourth-order valence-electron chi connectivity index (χ4n) is 3.06. The Bertz CT molecular complexity index is 763. The molecule has 2 aromatic rings. The van der Waals surface area contributed by atoms with Crippen molar-refractivity contribution in [1.29, 1.82) is 0 Å². The summed E-state index contributed by atoms with van der Waals surface area (Å²) in [5.74, 6) is 0.943. The maximum absolute atomic E-state index is 13.0. The summed E-state index contributed by atoms with van der Waals surface area (Å²) < 4.78 is 18.2. The number of aliphatic hydroxyl groups is 1. The average molecular weight is 500 g/mol. The maximum atomic E-state index is 13.0. The molecule has 1 saturated heterocycles. The van der Waals surface area contributed by atoms with Gasteiger partial charge in [-0.05, 0) is 42.0 Å². The van der Waals surface area contributed by atoms with Crippen LogP contribution in [0.25, 0.3) is 0 Å². The number of anilines is 1. The predicted octanol–water partition coefficient (Wildman–Crippen LogP) is 2.62. The van der Waals surface area contributed by atoms with E-state index in [1.807, 2.05) is 17.0 Å². The highest BCUT2D eigenvalue weighted by Crippen LogP contribution is 2.19. The highest BCUT2D eigenvalue weighted by Gasteiger charge is 2.19. The van der Waals surface area contributed by atoms with E-state index in [2.05, 4.69) is 9.89 Å². The summed E-state index contributed by atoms with van der Waals surface area (Å²) in [5.41, 5.74) is 7.87. The van der Waals surface area contributed by atoms with Crippen molar-refractivity contribution < 1.29 is 14.2 Å². The molecule has 0 aromatic heterocycles. The second kappa shape index (κ2) is 10.5. The largest absolute Gasteiger partial charge is 0.497 e.